The number of hydrogen-bond donors (Lipinski definition) is 2. The summed E-state index contributed by atoms with van der Waals surface area (Å²) in [5.74, 6) is 1.35. The van der Waals surface area contributed by atoms with E-state index in [9.17, 15) is 4.79 Å². The second-order valence-corrected chi connectivity index (χ2v) is 7.07. The molecule has 0 aromatic heterocycles. The van der Waals surface area contributed by atoms with Crippen LogP contribution in [0.4, 0.5) is 4.79 Å². The number of nitrogens with one attached hydrogen (secondary N) is 1. The third-order valence-corrected chi connectivity index (χ3v) is 3.51. The third kappa shape index (κ3) is 8.10. The van der Waals surface area contributed by atoms with Crippen molar-refractivity contribution in [3.63, 3.8) is 0 Å². The summed E-state index contributed by atoms with van der Waals surface area (Å²) in [7, 11) is 0. The second kappa shape index (κ2) is 8.86. The Kier molecular flexibility index (Phi) is 7.48. The molecular formula is C16H32N4O2. The van der Waals surface area contributed by atoms with Gasteiger partial charge in [-0.1, -0.05) is 6.92 Å². The molecule has 0 spiro atoms. The Morgan fingerprint density at radius 2 is 2.14 bits per heavy atom. The summed E-state index contributed by atoms with van der Waals surface area (Å²) in [4.78, 5) is 18.1. The van der Waals surface area contributed by atoms with Gasteiger partial charge >= 0.3 is 6.09 Å². The number of rotatable bonds is 5. The molecule has 1 saturated heterocycles. The highest BCUT2D eigenvalue weighted by Gasteiger charge is 2.17. The maximum Gasteiger partial charge on any atom is 0.407 e. The van der Waals surface area contributed by atoms with Crippen LogP contribution in [0.25, 0.3) is 0 Å². The van der Waals surface area contributed by atoms with Crippen molar-refractivity contribution in [3.8, 4) is 0 Å². The third-order valence-electron chi connectivity index (χ3n) is 3.51. The molecule has 0 aromatic rings. The normalized spacial score (nSPS) is 19.9. The lowest BCUT2D eigenvalue weighted by Crippen LogP contribution is -2.43. The highest BCUT2D eigenvalue weighted by atomic mass is 16.6. The van der Waals surface area contributed by atoms with E-state index in [1.165, 1.54) is 12.8 Å². The average molecular weight is 312 g/mol. The molecule has 0 aliphatic carbocycles. The Balaban J connectivity index is 2.11. The predicted octanol–water partition coefficient (Wildman–Crippen LogP) is 2.34. The van der Waals surface area contributed by atoms with Crippen LogP contribution < -0.4 is 11.1 Å². The number of aliphatic imine (C=N–C) groups is 1. The molecule has 0 radical (unpaired) electrons. The number of hydrogen-bond acceptors (Lipinski definition) is 3. The number of unbranched alkanes of at least 4 members (excludes halogenated alkanes) is 1. The molecule has 1 aliphatic heterocycles. The van der Waals surface area contributed by atoms with E-state index in [0.717, 1.165) is 25.9 Å². The first kappa shape index (κ1) is 18.6. The minimum absolute atomic E-state index is 0.363. The smallest absolute Gasteiger partial charge is 0.407 e. The van der Waals surface area contributed by atoms with E-state index in [4.69, 9.17) is 10.5 Å². The number of carbonyl (C=O) groups is 1. The summed E-state index contributed by atoms with van der Waals surface area (Å²) in [6.07, 6.45) is 3.88. The van der Waals surface area contributed by atoms with E-state index in [0.29, 0.717) is 25.0 Å². The summed E-state index contributed by atoms with van der Waals surface area (Å²) in [6.45, 7) is 11.1. The zero-order valence-corrected chi connectivity index (χ0v) is 14.5. The molecule has 22 heavy (non-hydrogen) atoms. The number of nitrogens with zero attached hydrogens (tertiary/aromatic N) is 2. The van der Waals surface area contributed by atoms with Crippen LogP contribution in [-0.4, -0.2) is 48.7 Å². The van der Waals surface area contributed by atoms with E-state index in [-0.39, 0.29) is 6.09 Å². The topological polar surface area (TPSA) is 80.0 Å². The van der Waals surface area contributed by atoms with Gasteiger partial charge in [0.15, 0.2) is 5.96 Å². The zero-order valence-electron chi connectivity index (χ0n) is 14.5. The van der Waals surface area contributed by atoms with E-state index < -0.39 is 5.60 Å². The van der Waals surface area contributed by atoms with E-state index in [1.807, 2.05) is 20.8 Å². The number of guanidine groups is 1. The fourth-order valence-electron chi connectivity index (χ4n) is 2.43. The van der Waals surface area contributed by atoms with Gasteiger partial charge in [-0.15, -0.1) is 0 Å². The van der Waals surface area contributed by atoms with Crippen molar-refractivity contribution in [1.29, 1.82) is 0 Å². The van der Waals surface area contributed by atoms with E-state index in [1.54, 1.807) is 0 Å². The van der Waals surface area contributed by atoms with Crippen LogP contribution in [0.2, 0.25) is 0 Å². The summed E-state index contributed by atoms with van der Waals surface area (Å²) >= 11 is 0. The highest BCUT2D eigenvalue weighted by molar-refractivity contribution is 5.78. The number of nitrogens with two attached hydrogens (primary N) is 1. The fraction of sp³-hybridized carbons (Fsp3) is 0.875. The van der Waals surface area contributed by atoms with Crippen LogP contribution in [0, 0.1) is 5.92 Å². The lowest BCUT2D eigenvalue weighted by Gasteiger charge is -2.31. The summed E-state index contributed by atoms with van der Waals surface area (Å²) in [6, 6.07) is 0. The minimum Gasteiger partial charge on any atom is -0.444 e. The first-order valence-electron chi connectivity index (χ1n) is 8.29. The van der Waals surface area contributed by atoms with Gasteiger partial charge in [-0.3, -0.25) is 4.99 Å². The van der Waals surface area contributed by atoms with Gasteiger partial charge in [-0.05, 0) is 52.4 Å². The maximum atomic E-state index is 11.4. The Bertz CT molecular complexity index is 377. The molecule has 1 fully saturated rings. The number of amides is 1. The van der Waals surface area contributed by atoms with Gasteiger partial charge in [-0.2, -0.15) is 0 Å². The van der Waals surface area contributed by atoms with E-state index in [2.05, 4.69) is 22.1 Å². The molecule has 1 rings (SSSR count). The summed E-state index contributed by atoms with van der Waals surface area (Å²) in [5, 5.41) is 2.75. The van der Waals surface area contributed by atoms with Crippen LogP contribution in [0.1, 0.15) is 53.4 Å². The van der Waals surface area contributed by atoms with Crippen molar-refractivity contribution < 1.29 is 9.53 Å². The average Bonchev–Trinajstić information content (AvgIpc) is 2.40. The lowest BCUT2D eigenvalue weighted by atomic mass is 10.0. The Hall–Kier alpha value is -1.46. The fourth-order valence-corrected chi connectivity index (χ4v) is 2.43. The Morgan fingerprint density at radius 1 is 1.41 bits per heavy atom. The number of alkyl carbamates (subject to hydrolysis) is 1. The SMILES string of the molecule is CC1CCCN(C(N)=NCCCCNC(=O)OC(C)(C)C)C1. The largest absolute Gasteiger partial charge is 0.444 e. The second-order valence-electron chi connectivity index (χ2n) is 7.07. The van der Waals surface area contributed by atoms with Crippen molar-refractivity contribution in [3.05, 3.63) is 0 Å². The van der Waals surface area contributed by atoms with Gasteiger partial charge in [0.2, 0.25) is 0 Å². The molecule has 1 heterocycles. The number of carbonyl (C=O) groups excluding carboxylic acids is 1. The van der Waals surface area contributed by atoms with Gasteiger partial charge in [0.1, 0.15) is 5.60 Å². The van der Waals surface area contributed by atoms with Gasteiger partial charge < -0.3 is 20.7 Å². The van der Waals surface area contributed by atoms with Crippen molar-refractivity contribution in [1.82, 2.24) is 10.2 Å². The van der Waals surface area contributed by atoms with Crippen LogP contribution >= 0.6 is 0 Å². The van der Waals surface area contributed by atoms with Crippen molar-refractivity contribution in [2.24, 2.45) is 16.6 Å². The molecule has 3 N–H and O–H groups in total. The van der Waals surface area contributed by atoms with Crippen LogP contribution in [0.15, 0.2) is 4.99 Å². The molecule has 128 valence electrons. The monoisotopic (exact) mass is 312 g/mol. The molecule has 6 nitrogen and oxygen atoms in total. The molecule has 0 aromatic carbocycles. The van der Waals surface area contributed by atoms with Gasteiger partial charge in [0.05, 0.1) is 0 Å². The Morgan fingerprint density at radius 3 is 2.77 bits per heavy atom. The maximum absolute atomic E-state index is 11.4. The summed E-state index contributed by atoms with van der Waals surface area (Å²) < 4.78 is 5.17. The molecule has 6 heteroatoms. The standard InChI is InChI=1S/C16H32N4O2/c1-13-8-7-11-20(12-13)14(17)18-9-5-6-10-19-15(21)22-16(2,3)4/h13H,5-12H2,1-4H3,(H2,17,18)(H,19,21). The van der Waals surface area contributed by atoms with Crippen molar-refractivity contribution in [2.75, 3.05) is 26.2 Å². The highest BCUT2D eigenvalue weighted by Crippen LogP contribution is 2.14. The predicted molar refractivity (Wildman–Crippen MR) is 89.9 cm³/mol. The molecule has 1 atom stereocenters. The van der Waals surface area contributed by atoms with Crippen molar-refractivity contribution >= 4 is 12.1 Å². The van der Waals surface area contributed by atoms with Gasteiger partial charge in [-0.25, -0.2) is 4.79 Å². The molecule has 1 unspecified atom stereocenters. The molecule has 0 bridgehead atoms. The van der Waals surface area contributed by atoms with Crippen LogP contribution in [0.5, 0.6) is 0 Å². The zero-order chi connectivity index (χ0) is 16.6. The number of piperidine rings is 1. The molecular weight excluding hydrogens is 280 g/mol. The van der Waals surface area contributed by atoms with Gasteiger partial charge in [0, 0.05) is 26.2 Å². The molecule has 1 amide bonds. The molecule has 0 saturated carbocycles. The Labute approximate surface area is 134 Å². The number of ether oxygens (including phenoxy) is 1. The van der Waals surface area contributed by atoms with E-state index >= 15 is 0 Å². The minimum atomic E-state index is -0.450. The van der Waals surface area contributed by atoms with Gasteiger partial charge in [0.25, 0.3) is 0 Å². The first-order valence-corrected chi connectivity index (χ1v) is 8.29. The summed E-state index contributed by atoms with van der Waals surface area (Å²) in [5.41, 5.74) is 5.58. The van der Waals surface area contributed by atoms with Crippen LogP contribution in [-0.2, 0) is 4.74 Å². The van der Waals surface area contributed by atoms with Crippen LogP contribution in [0.3, 0.4) is 0 Å². The van der Waals surface area contributed by atoms with Crippen molar-refractivity contribution in [2.45, 2.75) is 59.0 Å². The lowest BCUT2D eigenvalue weighted by molar-refractivity contribution is 0.0527. The molecule has 1 aliphatic rings. The first-order chi connectivity index (χ1) is 10.3. The number of likely N-dealkylation sites (tertiary alicyclic amines) is 1. The quantitative estimate of drug-likeness (QED) is 0.464.